The van der Waals surface area contributed by atoms with Crippen LogP contribution in [0.1, 0.15) is 68.0 Å². The van der Waals surface area contributed by atoms with Gasteiger partial charge in [-0.25, -0.2) is 4.98 Å². The highest BCUT2D eigenvalue weighted by molar-refractivity contribution is 6.06. The zero-order valence-corrected chi connectivity index (χ0v) is 20.3. The molecular formula is C26H35N5O2. The SMILES string of the molecule is CC(C)CNC(=O)c1cc([C@@H]2CN(Cc3cn[nH]c3C(C)(C)C)CCO2)nc2ccccc12. The van der Waals surface area contributed by atoms with Gasteiger partial charge in [-0.1, -0.05) is 52.8 Å². The summed E-state index contributed by atoms with van der Waals surface area (Å²) in [5.74, 6) is 0.321. The second-order valence-corrected chi connectivity index (χ2v) is 10.3. The molecule has 3 heterocycles. The number of para-hydroxylation sites is 1. The molecular weight excluding hydrogens is 414 g/mol. The van der Waals surface area contributed by atoms with Gasteiger partial charge in [0.25, 0.3) is 5.91 Å². The van der Waals surface area contributed by atoms with Gasteiger partial charge in [-0.15, -0.1) is 0 Å². The quantitative estimate of drug-likeness (QED) is 0.589. The molecule has 1 fully saturated rings. The van der Waals surface area contributed by atoms with Crippen molar-refractivity contribution in [2.45, 2.75) is 52.7 Å². The molecule has 1 aliphatic rings. The second kappa shape index (κ2) is 9.61. The Morgan fingerprint density at radius 1 is 1.30 bits per heavy atom. The molecule has 2 N–H and O–H groups in total. The Morgan fingerprint density at radius 2 is 2.09 bits per heavy atom. The Hall–Kier alpha value is -2.77. The number of hydrogen-bond donors (Lipinski definition) is 2. The van der Waals surface area contributed by atoms with Crippen molar-refractivity contribution < 1.29 is 9.53 Å². The maximum absolute atomic E-state index is 13.0. The van der Waals surface area contributed by atoms with Gasteiger partial charge in [0.15, 0.2) is 0 Å². The van der Waals surface area contributed by atoms with E-state index >= 15 is 0 Å². The van der Waals surface area contributed by atoms with Crippen molar-refractivity contribution in [1.29, 1.82) is 0 Å². The molecule has 1 atom stereocenters. The average Bonchev–Trinajstić information content (AvgIpc) is 3.25. The van der Waals surface area contributed by atoms with Gasteiger partial charge >= 0.3 is 0 Å². The van der Waals surface area contributed by atoms with Crippen LogP contribution in [-0.4, -0.2) is 52.2 Å². The predicted molar refractivity (Wildman–Crippen MR) is 130 cm³/mol. The summed E-state index contributed by atoms with van der Waals surface area (Å²) < 4.78 is 6.13. The molecule has 3 aromatic rings. The summed E-state index contributed by atoms with van der Waals surface area (Å²) in [5, 5.41) is 11.4. The van der Waals surface area contributed by atoms with E-state index in [0.29, 0.717) is 31.2 Å². The smallest absolute Gasteiger partial charge is 0.252 e. The minimum absolute atomic E-state index is 0.00960. The summed E-state index contributed by atoms with van der Waals surface area (Å²) >= 11 is 0. The van der Waals surface area contributed by atoms with Crippen molar-refractivity contribution in [3.8, 4) is 0 Å². The predicted octanol–water partition coefficient (Wildman–Crippen LogP) is 4.21. The summed E-state index contributed by atoms with van der Waals surface area (Å²) in [6, 6.07) is 9.72. The number of H-pyrrole nitrogens is 1. The van der Waals surface area contributed by atoms with Crippen LogP contribution in [0.15, 0.2) is 36.5 Å². The number of aromatic amines is 1. The number of rotatable bonds is 6. The first-order chi connectivity index (χ1) is 15.7. The fourth-order valence-corrected chi connectivity index (χ4v) is 4.29. The third-order valence-electron chi connectivity index (χ3n) is 5.99. The lowest BCUT2D eigenvalue weighted by Crippen LogP contribution is -2.38. The lowest BCUT2D eigenvalue weighted by Gasteiger charge is -2.33. The minimum atomic E-state index is -0.190. The maximum atomic E-state index is 13.0. The molecule has 4 rings (SSSR count). The Labute approximate surface area is 195 Å². The Bertz CT molecular complexity index is 1120. The van der Waals surface area contributed by atoms with Crippen molar-refractivity contribution in [3.05, 3.63) is 59.0 Å². The molecule has 0 unspecified atom stereocenters. The number of pyridine rings is 1. The number of carbonyl (C=O) groups excluding carboxylic acids is 1. The molecule has 33 heavy (non-hydrogen) atoms. The molecule has 7 heteroatoms. The van der Waals surface area contributed by atoms with Crippen molar-refractivity contribution in [1.82, 2.24) is 25.4 Å². The normalized spacial score (nSPS) is 17.6. The zero-order chi connectivity index (χ0) is 23.6. The highest BCUT2D eigenvalue weighted by Gasteiger charge is 2.27. The van der Waals surface area contributed by atoms with E-state index in [2.05, 4.69) is 55.0 Å². The molecule has 1 saturated heterocycles. The van der Waals surface area contributed by atoms with E-state index in [4.69, 9.17) is 9.72 Å². The van der Waals surface area contributed by atoms with E-state index < -0.39 is 0 Å². The molecule has 0 bridgehead atoms. The van der Waals surface area contributed by atoms with E-state index in [1.165, 1.54) is 11.3 Å². The summed E-state index contributed by atoms with van der Waals surface area (Å²) in [6.45, 7) is 14.4. The van der Waals surface area contributed by atoms with E-state index in [1.807, 2.05) is 36.5 Å². The lowest BCUT2D eigenvalue weighted by atomic mass is 9.89. The molecule has 0 spiro atoms. The van der Waals surface area contributed by atoms with Gasteiger partial charge in [-0.2, -0.15) is 5.10 Å². The molecule has 1 amide bonds. The third kappa shape index (κ3) is 5.42. The summed E-state index contributed by atoms with van der Waals surface area (Å²) in [7, 11) is 0. The number of nitrogens with one attached hydrogen (secondary N) is 2. The molecule has 0 radical (unpaired) electrons. The van der Waals surface area contributed by atoms with E-state index in [0.717, 1.165) is 29.7 Å². The largest absolute Gasteiger partial charge is 0.369 e. The van der Waals surface area contributed by atoms with Crippen LogP contribution >= 0.6 is 0 Å². The average molecular weight is 450 g/mol. The minimum Gasteiger partial charge on any atom is -0.369 e. The summed E-state index contributed by atoms with van der Waals surface area (Å²) in [5.41, 5.74) is 4.66. The van der Waals surface area contributed by atoms with Crippen LogP contribution in [0.3, 0.4) is 0 Å². The Kier molecular flexibility index (Phi) is 6.81. The molecule has 0 saturated carbocycles. The molecule has 1 aliphatic heterocycles. The van der Waals surface area contributed by atoms with Crippen LogP contribution in [0.25, 0.3) is 10.9 Å². The maximum Gasteiger partial charge on any atom is 0.252 e. The number of ether oxygens (including phenoxy) is 1. The molecule has 1 aromatic carbocycles. The van der Waals surface area contributed by atoms with Gasteiger partial charge in [0.2, 0.25) is 0 Å². The van der Waals surface area contributed by atoms with Crippen molar-refractivity contribution >= 4 is 16.8 Å². The second-order valence-electron chi connectivity index (χ2n) is 10.3. The summed E-state index contributed by atoms with van der Waals surface area (Å²) in [4.78, 5) is 20.3. The van der Waals surface area contributed by atoms with Crippen LogP contribution in [0.2, 0.25) is 0 Å². The van der Waals surface area contributed by atoms with Gasteiger partial charge in [-0.3, -0.25) is 14.8 Å². The monoisotopic (exact) mass is 449 g/mol. The van der Waals surface area contributed by atoms with E-state index in [9.17, 15) is 4.79 Å². The van der Waals surface area contributed by atoms with Gasteiger partial charge < -0.3 is 10.1 Å². The van der Waals surface area contributed by atoms with Crippen molar-refractivity contribution in [2.24, 2.45) is 5.92 Å². The van der Waals surface area contributed by atoms with Crippen LogP contribution in [-0.2, 0) is 16.7 Å². The molecule has 2 aromatic heterocycles. The fraction of sp³-hybridized carbons (Fsp3) is 0.500. The first kappa shape index (κ1) is 23.4. The topological polar surface area (TPSA) is 83.1 Å². The summed E-state index contributed by atoms with van der Waals surface area (Å²) in [6.07, 6.45) is 1.74. The number of nitrogens with zero attached hydrogens (tertiary/aromatic N) is 3. The van der Waals surface area contributed by atoms with Gasteiger partial charge in [-0.05, 0) is 18.1 Å². The Balaban J connectivity index is 1.58. The molecule has 0 aliphatic carbocycles. The highest BCUT2D eigenvalue weighted by atomic mass is 16.5. The number of fused-ring (bicyclic) bond motifs is 1. The third-order valence-corrected chi connectivity index (χ3v) is 5.99. The number of amides is 1. The van der Waals surface area contributed by atoms with Crippen LogP contribution in [0.4, 0.5) is 0 Å². The van der Waals surface area contributed by atoms with Crippen molar-refractivity contribution in [2.75, 3.05) is 26.2 Å². The number of aromatic nitrogens is 3. The van der Waals surface area contributed by atoms with Crippen LogP contribution in [0.5, 0.6) is 0 Å². The zero-order valence-electron chi connectivity index (χ0n) is 20.3. The van der Waals surface area contributed by atoms with E-state index in [1.54, 1.807) is 0 Å². The first-order valence-electron chi connectivity index (χ1n) is 11.8. The highest BCUT2D eigenvalue weighted by Crippen LogP contribution is 2.29. The Morgan fingerprint density at radius 3 is 2.85 bits per heavy atom. The molecule has 7 nitrogen and oxygen atoms in total. The number of carbonyl (C=O) groups is 1. The number of benzene rings is 1. The van der Waals surface area contributed by atoms with Gasteiger partial charge in [0.1, 0.15) is 6.10 Å². The number of morpholine rings is 1. The number of hydrogen-bond acceptors (Lipinski definition) is 5. The lowest BCUT2D eigenvalue weighted by molar-refractivity contribution is -0.0349. The van der Waals surface area contributed by atoms with Crippen molar-refractivity contribution in [3.63, 3.8) is 0 Å². The first-order valence-corrected chi connectivity index (χ1v) is 11.8. The fourth-order valence-electron chi connectivity index (χ4n) is 4.29. The standard InChI is InChI=1S/C26H35N5O2/c1-17(2)13-27-25(32)20-12-22(29-21-9-7-6-8-19(20)21)23-16-31(10-11-33-23)15-18-14-28-30-24(18)26(3,4)5/h6-9,12,14,17,23H,10-11,13,15-16H2,1-5H3,(H,27,32)(H,28,30)/t23-/m0/s1. The molecule has 176 valence electrons. The van der Waals surface area contributed by atoms with Gasteiger partial charge in [0, 0.05) is 48.2 Å². The van der Waals surface area contributed by atoms with Crippen LogP contribution in [0, 0.1) is 5.92 Å². The van der Waals surface area contributed by atoms with E-state index in [-0.39, 0.29) is 17.4 Å². The van der Waals surface area contributed by atoms with Gasteiger partial charge in [0.05, 0.1) is 29.6 Å². The van der Waals surface area contributed by atoms with Crippen LogP contribution < -0.4 is 5.32 Å².